The van der Waals surface area contributed by atoms with Crippen LogP contribution in [0.25, 0.3) is 0 Å². The summed E-state index contributed by atoms with van der Waals surface area (Å²) in [7, 11) is 0. The number of hydrogen-bond acceptors (Lipinski definition) is 0. The van der Waals surface area contributed by atoms with E-state index >= 15 is 0 Å². The van der Waals surface area contributed by atoms with Crippen molar-refractivity contribution in [3.05, 3.63) is 12.2 Å². The highest BCUT2D eigenvalue weighted by atomic mass is 79.9. The molecule has 2 heteroatoms. The summed E-state index contributed by atoms with van der Waals surface area (Å²) in [6, 6.07) is 0. The Bertz CT molecular complexity index is 100. The molecular weight excluding hydrogens is 280 g/mol. The molecule has 12 heavy (non-hydrogen) atoms. The second kappa shape index (κ2) is 11.7. The number of unbranched alkanes of at least 4 members (excludes halogenated alkanes) is 5. The summed E-state index contributed by atoms with van der Waals surface area (Å²) in [6.45, 7) is 0. The highest BCUT2D eigenvalue weighted by molar-refractivity contribution is 9.09. The zero-order valence-electron chi connectivity index (χ0n) is 7.57. The molecule has 0 aromatic heterocycles. The molecular formula is C10H18Br2. The first-order chi connectivity index (χ1) is 5.91. The first-order valence-corrected chi connectivity index (χ1v) is 6.93. The van der Waals surface area contributed by atoms with Crippen molar-refractivity contribution < 1.29 is 0 Å². The molecule has 0 saturated heterocycles. The van der Waals surface area contributed by atoms with Crippen LogP contribution in [0.15, 0.2) is 12.2 Å². The van der Waals surface area contributed by atoms with Crippen molar-refractivity contribution in [3.8, 4) is 0 Å². The number of alkyl halides is 2. The van der Waals surface area contributed by atoms with Crippen LogP contribution in [0.2, 0.25) is 0 Å². The summed E-state index contributed by atoms with van der Waals surface area (Å²) in [6.07, 6.45) is 12.5. The van der Waals surface area contributed by atoms with Gasteiger partial charge < -0.3 is 0 Å². The Balaban J connectivity index is 2.86. The van der Waals surface area contributed by atoms with E-state index in [0.29, 0.717) is 0 Å². The Hall–Kier alpha value is 0.700. The molecule has 0 fully saturated rings. The van der Waals surface area contributed by atoms with E-state index in [-0.39, 0.29) is 0 Å². The zero-order chi connectivity index (χ0) is 9.07. The number of allylic oxidation sites excluding steroid dienone is 2. The van der Waals surface area contributed by atoms with E-state index in [2.05, 4.69) is 44.0 Å². The molecule has 0 atom stereocenters. The van der Waals surface area contributed by atoms with Crippen molar-refractivity contribution in [2.75, 3.05) is 10.7 Å². The highest BCUT2D eigenvalue weighted by Crippen LogP contribution is 2.06. The Morgan fingerprint density at radius 3 is 2.08 bits per heavy atom. The zero-order valence-corrected chi connectivity index (χ0v) is 10.7. The van der Waals surface area contributed by atoms with Gasteiger partial charge in [0, 0.05) is 10.7 Å². The average molecular weight is 298 g/mol. The van der Waals surface area contributed by atoms with Gasteiger partial charge in [0.05, 0.1) is 0 Å². The standard InChI is InChI=1S/C10H18Br2/c11-9-7-5-3-1-2-4-6-8-10-12/h5,7H,1-4,6,8-10H2/b7-5+. The van der Waals surface area contributed by atoms with Crippen molar-refractivity contribution in [1.29, 1.82) is 0 Å². The van der Waals surface area contributed by atoms with Gasteiger partial charge >= 0.3 is 0 Å². The Labute approximate surface area is 93.1 Å². The smallest absolute Gasteiger partial charge is 0.0212 e. The fourth-order valence-electron chi connectivity index (χ4n) is 1.07. The van der Waals surface area contributed by atoms with E-state index < -0.39 is 0 Å². The maximum Gasteiger partial charge on any atom is 0.0212 e. The molecule has 0 unspecified atom stereocenters. The minimum absolute atomic E-state index is 0.997. The van der Waals surface area contributed by atoms with Gasteiger partial charge in [0.1, 0.15) is 0 Å². The maximum atomic E-state index is 3.44. The van der Waals surface area contributed by atoms with Crippen molar-refractivity contribution in [1.82, 2.24) is 0 Å². The summed E-state index contributed by atoms with van der Waals surface area (Å²) >= 11 is 6.80. The predicted octanol–water partition coefficient (Wildman–Crippen LogP) is 4.67. The highest BCUT2D eigenvalue weighted by Gasteiger charge is 1.87. The molecule has 0 N–H and O–H groups in total. The second-order valence-electron chi connectivity index (χ2n) is 2.87. The van der Waals surface area contributed by atoms with Gasteiger partial charge in [0.15, 0.2) is 0 Å². The summed E-state index contributed by atoms with van der Waals surface area (Å²) in [5, 5.41) is 2.16. The quantitative estimate of drug-likeness (QED) is 0.347. The van der Waals surface area contributed by atoms with Crippen LogP contribution in [0.1, 0.15) is 38.5 Å². The molecule has 0 heterocycles. The second-order valence-corrected chi connectivity index (χ2v) is 4.31. The molecule has 0 aromatic carbocycles. The number of halogens is 2. The average Bonchev–Trinajstić information content (AvgIpc) is 2.10. The minimum Gasteiger partial charge on any atom is -0.0928 e. The molecule has 0 radical (unpaired) electrons. The molecule has 72 valence electrons. The van der Waals surface area contributed by atoms with E-state index in [9.17, 15) is 0 Å². The van der Waals surface area contributed by atoms with E-state index in [1.54, 1.807) is 0 Å². The van der Waals surface area contributed by atoms with Crippen LogP contribution in [0, 0.1) is 0 Å². The lowest BCUT2D eigenvalue weighted by Crippen LogP contribution is -1.79. The monoisotopic (exact) mass is 296 g/mol. The third-order valence-electron chi connectivity index (χ3n) is 1.76. The molecule has 0 spiro atoms. The summed E-state index contributed by atoms with van der Waals surface area (Å²) in [5.41, 5.74) is 0. The van der Waals surface area contributed by atoms with E-state index in [1.807, 2.05) is 0 Å². The molecule has 0 aromatic rings. The molecule has 0 aliphatic rings. The lowest BCUT2D eigenvalue weighted by molar-refractivity contribution is 0.641. The molecule has 0 rings (SSSR count). The van der Waals surface area contributed by atoms with Crippen LogP contribution in [0.5, 0.6) is 0 Å². The van der Waals surface area contributed by atoms with E-state index in [0.717, 1.165) is 10.7 Å². The fraction of sp³-hybridized carbons (Fsp3) is 0.800. The first-order valence-electron chi connectivity index (χ1n) is 4.68. The van der Waals surface area contributed by atoms with Gasteiger partial charge in [0.25, 0.3) is 0 Å². The summed E-state index contributed by atoms with van der Waals surface area (Å²) in [5.74, 6) is 0. The van der Waals surface area contributed by atoms with Crippen molar-refractivity contribution in [2.45, 2.75) is 38.5 Å². The van der Waals surface area contributed by atoms with Gasteiger partial charge in [-0.2, -0.15) is 0 Å². The molecule has 0 nitrogen and oxygen atoms in total. The van der Waals surface area contributed by atoms with Crippen molar-refractivity contribution >= 4 is 31.9 Å². The number of rotatable bonds is 8. The summed E-state index contributed by atoms with van der Waals surface area (Å²) in [4.78, 5) is 0. The van der Waals surface area contributed by atoms with Gasteiger partial charge in [-0.15, -0.1) is 0 Å². The van der Waals surface area contributed by atoms with Crippen molar-refractivity contribution in [3.63, 3.8) is 0 Å². The van der Waals surface area contributed by atoms with Crippen LogP contribution in [0.3, 0.4) is 0 Å². The number of hydrogen-bond donors (Lipinski definition) is 0. The Morgan fingerprint density at radius 1 is 0.750 bits per heavy atom. The fourth-order valence-corrected chi connectivity index (χ4v) is 1.73. The maximum absolute atomic E-state index is 3.44. The normalized spacial score (nSPS) is 11.2. The molecule has 0 aliphatic heterocycles. The van der Waals surface area contributed by atoms with Gasteiger partial charge in [-0.1, -0.05) is 63.3 Å². The lowest BCUT2D eigenvalue weighted by atomic mass is 10.1. The lowest BCUT2D eigenvalue weighted by Gasteiger charge is -1.96. The van der Waals surface area contributed by atoms with Gasteiger partial charge in [-0.05, 0) is 19.3 Å². The predicted molar refractivity (Wildman–Crippen MR) is 64.4 cm³/mol. The van der Waals surface area contributed by atoms with Crippen LogP contribution in [0.4, 0.5) is 0 Å². The Morgan fingerprint density at radius 2 is 1.42 bits per heavy atom. The molecule has 0 saturated carbocycles. The van der Waals surface area contributed by atoms with Crippen LogP contribution in [-0.4, -0.2) is 10.7 Å². The molecule has 0 aliphatic carbocycles. The van der Waals surface area contributed by atoms with Crippen LogP contribution < -0.4 is 0 Å². The van der Waals surface area contributed by atoms with Gasteiger partial charge in [0.2, 0.25) is 0 Å². The largest absolute Gasteiger partial charge is 0.0928 e. The first kappa shape index (κ1) is 12.7. The van der Waals surface area contributed by atoms with Crippen molar-refractivity contribution in [2.24, 2.45) is 0 Å². The third-order valence-corrected chi connectivity index (χ3v) is 2.69. The van der Waals surface area contributed by atoms with E-state index in [1.165, 1.54) is 38.5 Å². The molecule has 0 amide bonds. The SMILES string of the molecule is BrC/C=C/CCCCCCCBr. The topological polar surface area (TPSA) is 0 Å². The summed E-state index contributed by atoms with van der Waals surface area (Å²) < 4.78 is 0. The molecule has 0 bridgehead atoms. The minimum atomic E-state index is 0.997. The van der Waals surface area contributed by atoms with E-state index in [4.69, 9.17) is 0 Å². The Kier molecular flexibility index (Phi) is 12.4. The van der Waals surface area contributed by atoms with Gasteiger partial charge in [-0.3, -0.25) is 0 Å². The van der Waals surface area contributed by atoms with Crippen LogP contribution >= 0.6 is 31.9 Å². The third kappa shape index (κ3) is 10.7. The van der Waals surface area contributed by atoms with Crippen LogP contribution in [-0.2, 0) is 0 Å². The van der Waals surface area contributed by atoms with Gasteiger partial charge in [-0.25, -0.2) is 0 Å².